The van der Waals surface area contributed by atoms with Crippen molar-refractivity contribution >= 4 is 6.29 Å². The molecule has 0 rings (SSSR count). The van der Waals surface area contributed by atoms with Gasteiger partial charge in [-0.05, 0) is 0 Å². The van der Waals surface area contributed by atoms with Gasteiger partial charge in [-0.3, -0.25) is 0 Å². The maximum atomic E-state index is 9.90. The van der Waals surface area contributed by atoms with Crippen LogP contribution in [0.15, 0.2) is 0 Å². The highest BCUT2D eigenvalue weighted by Crippen LogP contribution is 2.02. The highest BCUT2D eigenvalue weighted by atomic mass is 16.4. The van der Waals surface area contributed by atoms with Crippen LogP contribution in [0.2, 0.25) is 0 Å². The molecular weight excluding hydrogens is 198 g/mol. The Morgan fingerprint density at radius 3 is 1.79 bits per heavy atom. The van der Waals surface area contributed by atoms with E-state index in [1.807, 2.05) is 0 Å². The quantitative estimate of drug-likeness (QED) is 0.252. The van der Waals surface area contributed by atoms with Crippen molar-refractivity contribution in [3.63, 3.8) is 0 Å². The van der Waals surface area contributed by atoms with Crippen molar-refractivity contribution in [3.05, 3.63) is 0 Å². The van der Waals surface area contributed by atoms with E-state index in [4.69, 9.17) is 25.5 Å². The Balaban J connectivity index is -0.000000605. The summed E-state index contributed by atoms with van der Waals surface area (Å²) in [5.74, 6) is 0. The highest BCUT2D eigenvalue weighted by molar-refractivity contribution is 5.56. The molecule has 0 heterocycles. The summed E-state index contributed by atoms with van der Waals surface area (Å²) in [5, 5.41) is 43.5. The molecule has 0 saturated heterocycles. The van der Waals surface area contributed by atoms with E-state index < -0.39 is 31.0 Å². The van der Waals surface area contributed by atoms with E-state index in [9.17, 15) is 4.79 Å². The first-order valence-electron chi connectivity index (χ1n) is 3.33. The molecule has 0 amide bonds. The average molecular weight is 215 g/mol. The van der Waals surface area contributed by atoms with Crippen LogP contribution in [0.25, 0.3) is 0 Å². The summed E-state index contributed by atoms with van der Waals surface area (Å²) < 4.78 is 0. The van der Waals surface area contributed by atoms with Crippen molar-refractivity contribution in [1.29, 1.82) is 0 Å². The maximum Gasteiger partial charge on any atom is 0.151 e. The van der Waals surface area contributed by atoms with Crippen LogP contribution in [0.5, 0.6) is 0 Å². The smallest absolute Gasteiger partial charge is 0.151 e. The lowest BCUT2D eigenvalue weighted by atomic mass is 10.0. The standard InChI is InChI=1S/C6H12O6.H3N.H2O/c7-1-3(9)5(11)6(12)4(10)2-8;;/h1,3-6,8-12H,2H2;1H3;1H2. The summed E-state index contributed by atoms with van der Waals surface area (Å²) in [4.78, 5) is 9.90. The first-order valence-corrected chi connectivity index (χ1v) is 3.33. The zero-order valence-electron chi connectivity index (χ0n) is 7.45. The summed E-state index contributed by atoms with van der Waals surface area (Å²) in [6.45, 7) is -0.760. The lowest BCUT2D eigenvalue weighted by Crippen LogP contribution is -2.46. The largest absolute Gasteiger partial charge is 0.412 e. The molecule has 0 aliphatic rings. The molecule has 10 N–H and O–H groups in total. The van der Waals surface area contributed by atoms with Crippen LogP contribution in [0.3, 0.4) is 0 Å². The number of hydrogen-bond donors (Lipinski definition) is 6. The SMILES string of the molecule is N.O.O=CC(O)C(O)C(O)C(O)CO. The molecule has 0 saturated carbocycles. The van der Waals surface area contributed by atoms with Crippen LogP contribution in [0, 0.1) is 0 Å². The Morgan fingerprint density at radius 2 is 1.50 bits per heavy atom. The molecule has 0 fully saturated rings. The van der Waals surface area contributed by atoms with E-state index in [0.717, 1.165) is 0 Å². The fourth-order valence-corrected chi connectivity index (χ4v) is 0.618. The zero-order valence-corrected chi connectivity index (χ0v) is 7.45. The van der Waals surface area contributed by atoms with Crippen LogP contribution in [0.1, 0.15) is 0 Å². The molecule has 8 heteroatoms. The van der Waals surface area contributed by atoms with Crippen LogP contribution >= 0.6 is 0 Å². The molecule has 0 aliphatic carbocycles. The fourth-order valence-electron chi connectivity index (χ4n) is 0.618. The Bertz CT molecular complexity index is 144. The van der Waals surface area contributed by atoms with Crippen LogP contribution in [-0.2, 0) is 4.79 Å². The van der Waals surface area contributed by atoms with Gasteiger partial charge in [0, 0.05) is 0 Å². The van der Waals surface area contributed by atoms with Gasteiger partial charge < -0.3 is 42.0 Å². The molecule has 4 unspecified atom stereocenters. The Hall–Kier alpha value is -0.610. The van der Waals surface area contributed by atoms with E-state index >= 15 is 0 Å². The van der Waals surface area contributed by atoms with Gasteiger partial charge in [-0.15, -0.1) is 0 Å². The second-order valence-corrected chi connectivity index (χ2v) is 2.36. The van der Waals surface area contributed by atoms with Gasteiger partial charge in [-0.25, -0.2) is 0 Å². The molecule has 0 aromatic carbocycles. The molecule has 14 heavy (non-hydrogen) atoms. The molecule has 0 aromatic heterocycles. The number of aliphatic hydroxyl groups excluding tert-OH is 5. The van der Waals surface area contributed by atoms with Gasteiger partial charge in [0.2, 0.25) is 0 Å². The van der Waals surface area contributed by atoms with E-state index in [2.05, 4.69) is 0 Å². The van der Waals surface area contributed by atoms with Crippen LogP contribution in [0.4, 0.5) is 0 Å². The first kappa shape index (κ1) is 19.0. The van der Waals surface area contributed by atoms with E-state index in [0.29, 0.717) is 0 Å². The fraction of sp³-hybridized carbons (Fsp3) is 0.833. The lowest BCUT2D eigenvalue weighted by Gasteiger charge is -2.22. The van der Waals surface area contributed by atoms with Gasteiger partial charge >= 0.3 is 0 Å². The molecule has 0 spiro atoms. The number of rotatable bonds is 5. The molecule has 0 aromatic rings. The molecule has 4 atom stereocenters. The molecule has 0 radical (unpaired) electrons. The molecule has 0 aliphatic heterocycles. The molecule has 0 bridgehead atoms. The minimum absolute atomic E-state index is 0. The van der Waals surface area contributed by atoms with Gasteiger partial charge in [0.25, 0.3) is 0 Å². The number of carbonyl (C=O) groups is 1. The lowest BCUT2D eigenvalue weighted by molar-refractivity contribution is -0.136. The summed E-state index contributed by atoms with van der Waals surface area (Å²) in [6, 6.07) is 0. The summed E-state index contributed by atoms with van der Waals surface area (Å²) >= 11 is 0. The van der Waals surface area contributed by atoms with Crippen molar-refractivity contribution in [2.75, 3.05) is 6.61 Å². The molecule has 88 valence electrons. The van der Waals surface area contributed by atoms with Gasteiger partial charge in [-0.2, -0.15) is 0 Å². The van der Waals surface area contributed by atoms with Crippen molar-refractivity contribution in [2.24, 2.45) is 0 Å². The molecular formula is C6H17NO7. The number of aliphatic hydroxyl groups is 5. The van der Waals surface area contributed by atoms with Crippen molar-refractivity contribution in [3.8, 4) is 0 Å². The minimum atomic E-state index is -1.79. The Morgan fingerprint density at radius 1 is 1.07 bits per heavy atom. The van der Waals surface area contributed by atoms with Crippen molar-refractivity contribution in [1.82, 2.24) is 6.15 Å². The van der Waals surface area contributed by atoms with E-state index in [1.165, 1.54) is 0 Å². The first-order chi connectivity index (χ1) is 5.54. The topological polar surface area (TPSA) is 185 Å². The number of carbonyl (C=O) groups excluding carboxylic acids is 1. The van der Waals surface area contributed by atoms with Gasteiger partial charge in [0.05, 0.1) is 6.61 Å². The minimum Gasteiger partial charge on any atom is -0.412 e. The predicted molar refractivity (Wildman–Crippen MR) is 45.8 cm³/mol. The Kier molecular flexibility index (Phi) is 12.2. The highest BCUT2D eigenvalue weighted by Gasteiger charge is 2.29. The van der Waals surface area contributed by atoms with E-state index in [1.54, 1.807) is 0 Å². The second-order valence-electron chi connectivity index (χ2n) is 2.36. The third kappa shape index (κ3) is 5.19. The van der Waals surface area contributed by atoms with E-state index in [-0.39, 0.29) is 17.9 Å². The second kappa shape index (κ2) is 8.97. The van der Waals surface area contributed by atoms with Crippen LogP contribution in [-0.4, -0.2) is 68.3 Å². The van der Waals surface area contributed by atoms with Crippen molar-refractivity contribution in [2.45, 2.75) is 24.4 Å². The molecule has 8 nitrogen and oxygen atoms in total. The summed E-state index contributed by atoms with van der Waals surface area (Å²) in [7, 11) is 0. The Labute approximate surface area is 80.3 Å². The maximum absolute atomic E-state index is 9.90. The van der Waals surface area contributed by atoms with Gasteiger partial charge in [-0.1, -0.05) is 0 Å². The van der Waals surface area contributed by atoms with Gasteiger partial charge in [0.1, 0.15) is 24.4 Å². The summed E-state index contributed by atoms with van der Waals surface area (Å²) in [5.41, 5.74) is 0. The van der Waals surface area contributed by atoms with Crippen molar-refractivity contribution < 1.29 is 35.8 Å². The van der Waals surface area contributed by atoms with Gasteiger partial charge in [0.15, 0.2) is 6.29 Å². The third-order valence-corrected chi connectivity index (χ3v) is 1.42. The monoisotopic (exact) mass is 215 g/mol. The zero-order chi connectivity index (χ0) is 9.72. The summed E-state index contributed by atoms with van der Waals surface area (Å²) in [6.07, 6.45) is -6.84. The normalized spacial score (nSPS) is 18.1. The number of hydrogen-bond acceptors (Lipinski definition) is 7. The third-order valence-electron chi connectivity index (χ3n) is 1.42. The number of aldehydes is 1. The predicted octanol–water partition coefficient (Wildman–Crippen LogP) is -4.04. The van der Waals surface area contributed by atoms with Crippen LogP contribution < -0.4 is 6.15 Å². The average Bonchev–Trinajstić information content (AvgIpc) is 2.12.